The van der Waals surface area contributed by atoms with Gasteiger partial charge in [0, 0.05) is 31.0 Å². The van der Waals surface area contributed by atoms with E-state index in [9.17, 15) is 8.78 Å². The molecule has 0 atom stereocenters. The van der Waals surface area contributed by atoms with Crippen LogP contribution in [0.25, 0.3) is 0 Å². The molecule has 3 rings (SSSR count). The van der Waals surface area contributed by atoms with Gasteiger partial charge in [0.25, 0.3) is 0 Å². The van der Waals surface area contributed by atoms with E-state index in [4.69, 9.17) is 18.0 Å². The molecule has 1 aliphatic heterocycles. The van der Waals surface area contributed by atoms with Crippen molar-refractivity contribution in [1.29, 1.82) is 0 Å². The molecule has 2 aromatic rings. The predicted molar refractivity (Wildman–Crippen MR) is 75.5 cm³/mol. The van der Waals surface area contributed by atoms with Gasteiger partial charge in [-0.05, 0) is 12.1 Å². The highest BCUT2D eigenvalue weighted by molar-refractivity contribution is 7.80. The molecule has 0 radical (unpaired) electrons. The zero-order valence-corrected chi connectivity index (χ0v) is 11.3. The lowest BCUT2D eigenvalue weighted by molar-refractivity contribution is 0.522. The van der Waals surface area contributed by atoms with Crippen LogP contribution in [-0.2, 0) is 13.1 Å². The maximum atomic E-state index is 14.1. The standard InChI is InChI=1S/C13H12F2N4S/c14-9-5-8(13(16)20)6-10(15)12(9)19-4-3-18-2-1-17-11(18)7-19/h1-2,5-6H,3-4,7H2,(H2,16,20). The molecule has 20 heavy (non-hydrogen) atoms. The van der Waals surface area contributed by atoms with Crippen LogP contribution in [0.5, 0.6) is 0 Å². The van der Waals surface area contributed by atoms with Gasteiger partial charge in [0.05, 0.1) is 6.54 Å². The minimum absolute atomic E-state index is 0.0245. The lowest BCUT2D eigenvalue weighted by Gasteiger charge is -2.30. The molecule has 2 heterocycles. The Morgan fingerprint density at radius 3 is 2.60 bits per heavy atom. The van der Waals surface area contributed by atoms with Gasteiger partial charge in [0.2, 0.25) is 0 Å². The largest absolute Gasteiger partial charge is 0.389 e. The molecule has 0 unspecified atom stereocenters. The van der Waals surface area contributed by atoms with Gasteiger partial charge >= 0.3 is 0 Å². The Balaban J connectivity index is 1.97. The maximum absolute atomic E-state index is 14.1. The number of aromatic nitrogens is 2. The van der Waals surface area contributed by atoms with E-state index in [2.05, 4.69) is 4.98 Å². The van der Waals surface area contributed by atoms with Gasteiger partial charge in [-0.1, -0.05) is 12.2 Å². The quantitative estimate of drug-likeness (QED) is 0.858. The van der Waals surface area contributed by atoms with E-state index in [-0.39, 0.29) is 16.2 Å². The van der Waals surface area contributed by atoms with Gasteiger partial charge in [-0.3, -0.25) is 0 Å². The van der Waals surface area contributed by atoms with Crippen LogP contribution in [0.4, 0.5) is 14.5 Å². The number of nitrogens with zero attached hydrogens (tertiary/aromatic N) is 3. The summed E-state index contributed by atoms with van der Waals surface area (Å²) in [5, 5.41) is 0. The minimum Gasteiger partial charge on any atom is -0.389 e. The zero-order chi connectivity index (χ0) is 14.3. The highest BCUT2D eigenvalue weighted by Gasteiger charge is 2.23. The summed E-state index contributed by atoms with van der Waals surface area (Å²) in [5.74, 6) is -0.533. The van der Waals surface area contributed by atoms with Crippen LogP contribution in [0.3, 0.4) is 0 Å². The van der Waals surface area contributed by atoms with Crippen LogP contribution < -0.4 is 10.6 Å². The number of thiocarbonyl (C=S) groups is 1. The second kappa shape index (κ2) is 4.82. The summed E-state index contributed by atoms with van der Waals surface area (Å²) in [5.41, 5.74) is 5.54. The Bertz CT molecular complexity index is 660. The molecule has 1 aromatic carbocycles. The number of nitrogens with two attached hydrogens (primary N) is 1. The summed E-state index contributed by atoms with van der Waals surface area (Å²) in [6.07, 6.45) is 3.54. The van der Waals surface area contributed by atoms with Crippen molar-refractivity contribution in [1.82, 2.24) is 9.55 Å². The third-order valence-corrected chi connectivity index (χ3v) is 3.60. The molecule has 0 bridgehead atoms. The SMILES string of the molecule is NC(=S)c1cc(F)c(N2CCn3ccnc3C2)c(F)c1. The van der Waals surface area contributed by atoms with Crippen LogP contribution in [0, 0.1) is 11.6 Å². The number of halogens is 2. The summed E-state index contributed by atoms with van der Waals surface area (Å²) >= 11 is 4.74. The Morgan fingerprint density at radius 2 is 1.95 bits per heavy atom. The predicted octanol–water partition coefficient (Wildman–Crippen LogP) is 1.82. The first-order chi connectivity index (χ1) is 9.56. The van der Waals surface area contributed by atoms with Gasteiger partial charge in [-0.25, -0.2) is 13.8 Å². The van der Waals surface area contributed by atoms with Crippen molar-refractivity contribution >= 4 is 22.9 Å². The molecule has 1 aromatic heterocycles. The number of imidazole rings is 1. The van der Waals surface area contributed by atoms with Crippen molar-refractivity contribution in [3.8, 4) is 0 Å². The number of benzene rings is 1. The minimum atomic E-state index is -0.659. The molecule has 0 fully saturated rings. The van der Waals surface area contributed by atoms with E-state index in [1.807, 2.05) is 10.8 Å². The third-order valence-electron chi connectivity index (χ3n) is 3.36. The van der Waals surface area contributed by atoms with Crippen molar-refractivity contribution in [2.24, 2.45) is 5.73 Å². The van der Waals surface area contributed by atoms with E-state index in [0.717, 1.165) is 5.82 Å². The Hall–Kier alpha value is -2.02. The average Bonchev–Trinajstić information content (AvgIpc) is 2.85. The van der Waals surface area contributed by atoms with Gasteiger partial charge in [-0.2, -0.15) is 0 Å². The van der Waals surface area contributed by atoms with E-state index in [1.165, 1.54) is 12.1 Å². The van der Waals surface area contributed by atoms with Crippen molar-refractivity contribution in [3.05, 3.63) is 47.5 Å². The summed E-state index contributed by atoms with van der Waals surface area (Å²) < 4.78 is 30.2. The Kier molecular flexibility index (Phi) is 3.13. The smallest absolute Gasteiger partial charge is 0.150 e. The van der Waals surface area contributed by atoms with Crippen molar-refractivity contribution in [2.75, 3.05) is 11.4 Å². The fraction of sp³-hybridized carbons (Fsp3) is 0.231. The number of hydrogen-bond acceptors (Lipinski definition) is 3. The van der Waals surface area contributed by atoms with E-state index in [1.54, 1.807) is 11.1 Å². The summed E-state index contributed by atoms with van der Waals surface area (Å²) in [7, 11) is 0. The summed E-state index contributed by atoms with van der Waals surface area (Å²) in [6, 6.07) is 2.34. The van der Waals surface area contributed by atoms with Crippen LogP contribution in [-0.4, -0.2) is 21.1 Å². The highest BCUT2D eigenvalue weighted by Crippen LogP contribution is 2.28. The molecule has 4 nitrogen and oxygen atoms in total. The molecule has 104 valence electrons. The molecule has 0 saturated heterocycles. The molecular weight excluding hydrogens is 282 g/mol. The number of rotatable bonds is 2. The number of fused-ring (bicyclic) bond motifs is 1. The fourth-order valence-corrected chi connectivity index (χ4v) is 2.49. The van der Waals surface area contributed by atoms with E-state index in [0.29, 0.717) is 19.6 Å². The zero-order valence-electron chi connectivity index (χ0n) is 10.5. The molecule has 7 heteroatoms. The molecule has 0 aliphatic carbocycles. The second-order valence-electron chi connectivity index (χ2n) is 4.61. The van der Waals surface area contributed by atoms with Crippen molar-refractivity contribution in [2.45, 2.75) is 13.1 Å². The number of anilines is 1. The van der Waals surface area contributed by atoms with E-state index >= 15 is 0 Å². The normalized spacial score (nSPS) is 14.2. The van der Waals surface area contributed by atoms with E-state index < -0.39 is 11.6 Å². The molecule has 0 saturated carbocycles. The van der Waals surface area contributed by atoms with Crippen molar-refractivity contribution in [3.63, 3.8) is 0 Å². The third kappa shape index (κ3) is 2.14. The topological polar surface area (TPSA) is 47.1 Å². The molecule has 0 spiro atoms. The lowest BCUT2D eigenvalue weighted by Crippen LogP contribution is -2.35. The molecular formula is C13H12F2N4S. The molecule has 0 amide bonds. The lowest BCUT2D eigenvalue weighted by atomic mass is 10.1. The second-order valence-corrected chi connectivity index (χ2v) is 5.05. The molecule has 1 aliphatic rings. The van der Waals surface area contributed by atoms with Crippen LogP contribution in [0.15, 0.2) is 24.5 Å². The highest BCUT2D eigenvalue weighted by atomic mass is 32.1. The van der Waals surface area contributed by atoms with Crippen LogP contribution in [0.1, 0.15) is 11.4 Å². The van der Waals surface area contributed by atoms with Gasteiger partial charge in [0.15, 0.2) is 0 Å². The number of hydrogen-bond donors (Lipinski definition) is 1. The van der Waals surface area contributed by atoms with Crippen LogP contribution in [0.2, 0.25) is 0 Å². The van der Waals surface area contributed by atoms with Crippen molar-refractivity contribution < 1.29 is 8.78 Å². The first-order valence-corrected chi connectivity index (χ1v) is 6.51. The monoisotopic (exact) mass is 294 g/mol. The maximum Gasteiger partial charge on any atom is 0.150 e. The average molecular weight is 294 g/mol. The van der Waals surface area contributed by atoms with Gasteiger partial charge < -0.3 is 15.2 Å². The summed E-state index contributed by atoms with van der Waals surface area (Å²) in [4.78, 5) is 5.78. The fourth-order valence-electron chi connectivity index (χ4n) is 2.37. The first-order valence-electron chi connectivity index (χ1n) is 6.10. The van der Waals surface area contributed by atoms with Gasteiger partial charge in [-0.15, -0.1) is 0 Å². The Labute approximate surface area is 119 Å². The summed E-state index contributed by atoms with van der Waals surface area (Å²) in [6.45, 7) is 1.53. The Morgan fingerprint density at radius 1 is 1.25 bits per heavy atom. The molecule has 2 N–H and O–H groups in total. The van der Waals surface area contributed by atoms with Gasteiger partial charge in [0.1, 0.15) is 28.1 Å². The van der Waals surface area contributed by atoms with Crippen LogP contribution >= 0.6 is 12.2 Å². The first kappa shape index (κ1) is 13.0.